The molecule has 2 heterocycles. The number of urea groups is 1. The molecule has 3 amide bonds. The summed E-state index contributed by atoms with van der Waals surface area (Å²) in [6, 6.07) is 7.72. The van der Waals surface area contributed by atoms with E-state index in [1.165, 1.54) is 11.3 Å². The lowest BCUT2D eigenvalue weighted by Gasteiger charge is -2.32. The fourth-order valence-corrected chi connectivity index (χ4v) is 3.60. The predicted octanol–water partition coefficient (Wildman–Crippen LogP) is 3.42. The number of nitrogens with one attached hydrogen (secondary N) is 2. The first-order valence-corrected chi connectivity index (χ1v) is 10.1. The number of carbonyl (C=O) groups is 2. The second kappa shape index (κ2) is 8.59. The van der Waals surface area contributed by atoms with Crippen molar-refractivity contribution in [1.82, 2.24) is 20.4 Å². The van der Waals surface area contributed by atoms with E-state index < -0.39 is 0 Å². The molecule has 0 aliphatic carbocycles. The molecule has 1 aromatic heterocycles. The number of amides is 3. The van der Waals surface area contributed by atoms with Crippen molar-refractivity contribution in [3.63, 3.8) is 0 Å². The summed E-state index contributed by atoms with van der Waals surface area (Å²) in [5.74, 6) is -0.156. The summed E-state index contributed by atoms with van der Waals surface area (Å²) in [6.07, 6.45) is 1.29. The number of halogens is 1. The predicted molar refractivity (Wildman–Crippen MR) is 104 cm³/mol. The van der Waals surface area contributed by atoms with Gasteiger partial charge in [0.2, 0.25) is 11.0 Å². The van der Waals surface area contributed by atoms with Crippen LogP contribution in [-0.2, 0) is 4.79 Å². The van der Waals surface area contributed by atoms with Crippen LogP contribution in [0.25, 0.3) is 0 Å². The minimum atomic E-state index is -0.105. The zero-order valence-electron chi connectivity index (χ0n) is 14.3. The molecule has 2 aromatic rings. The summed E-state index contributed by atoms with van der Waals surface area (Å²) in [6.45, 7) is 3.09. The average Bonchev–Trinajstić information content (AvgIpc) is 3.15. The standard InChI is InChI=1S/C17H20BrN5O2S/c1-11(12-2-4-14(18)5-3-12)20-17(25)23-8-6-13(7-9-23)15(24)21-16-22-19-10-26-16/h2-5,10-11,13H,6-9H2,1H3,(H,20,25)(H,21,22,24). The molecule has 0 spiro atoms. The maximum Gasteiger partial charge on any atom is 0.317 e. The molecule has 2 N–H and O–H groups in total. The van der Waals surface area contributed by atoms with E-state index >= 15 is 0 Å². The number of aromatic nitrogens is 2. The SMILES string of the molecule is CC(NC(=O)N1CCC(C(=O)Nc2nncs2)CC1)c1ccc(Br)cc1. The van der Waals surface area contributed by atoms with Crippen LogP contribution in [0, 0.1) is 5.92 Å². The van der Waals surface area contributed by atoms with Gasteiger partial charge in [0, 0.05) is 23.5 Å². The van der Waals surface area contributed by atoms with E-state index in [9.17, 15) is 9.59 Å². The number of rotatable bonds is 4. The van der Waals surface area contributed by atoms with Crippen LogP contribution in [-0.4, -0.2) is 40.1 Å². The topological polar surface area (TPSA) is 87.2 Å². The van der Waals surface area contributed by atoms with Crippen molar-refractivity contribution in [2.24, 2.45) is 5.92 Å². The Morgan fingerprint density at radius 1 is 1.27 bits per heavy atom. The van der Waals surface area contributed by atoms with Crippen LogP contribution in [0.5, 0.6) is 0 Å². The summed E-state index contributed by atoms with van der Waals surface area (Å²) >= 11 is 4.70. The van der Waals surface area contributed by atoms with E-state index in [2.05, 4.69) is 36.8 Å². The van der Waals surface area contributed by atoms with Gasteiger partial charge in [0.1, 0.15) is 5.51 Å². The van der Waals surface area contributed by atoms with E-state index in [4.69, 9.17) is 0 Å². The Morgan fingerprint density at radius 2 is 1.96 bits per heavy atom. The van der Waals surface area contributed by atoms with Crippen LogP contribution in [0.2, 0.25) is 0 Å². The molecule has 0 bridgehead atoms. The number of hydrogen-bond acceptors (Lipinski definition) is 5. The van der Waals surface area contributed by atoms with Gasteiger partial charge in [-0.3, -0.25) is 4.79 Å². The van der Waals surface area contributed by atoms with E-state index in [0.29, 0.717) is 31.1 Å². The van der Waals surface area contributed by atoms with Crippen LogP contribution in [0.4, 0.5) is 9.93 Å². The van der Waals surface area contributed by atoms with E-state index in [1.54, 1.807) is 10.4 Å². The fourth-order valence-electron chi connectivity index (χ4n) is 2.89. The zero-order valence-corrected chi connectivity index (χ0v) is 16.7. The Balaban J connectivity index is 1.47. The minimum Gasteiger partial charge on any atom is -0.331 e. The summed E-state index contributed by atoms with van der Waals surface area (Å²) in [4.78, 5) is 26.5. The molecule has 0 radical (unpaired) electrons. The van der Waals surface area contributed by atoms with Crippen molar-refractivity contribution >= 4 is 44.3 Å². The molecule has 0 saturated carbocycles. The molecule has 26 heavy (non-hydrogen) atoms. The number of nitrogens with zero attached hydrogens (tertiary/aromatic N) is 3. The van der Waals surface area contributed by atoms with E-state index in [1.807, 2.05) is 31.2 Å². The van der Waals surface area contributed by atoms with Crippen LogP contribution >= 0.6 is 27.3 Å². The maximum atomic E-state index is 12.5. The molecule has 1 atom stereocenters. The molecule has 7 nitrogen and oxygen atoms in total. The van der Waals surface area contributed by atoms with Crippen molar-refractivity contribution < 1.29 is 9.59 Å². The molecule has 1 aliphatic heterocycles. The molecule has 1 fully saturated rings. The number of likely N-dealkylation sites (tertiary alicyclic amines) is 1. The summed E-state index contributed by atoms with van der Waals surface area (Å²) in [7, 11) is 0. The highest BCUT2D eigenvalue weighted by molar-refractivity contribution is 9.10. The first-order chi connectivity index (χ1) is 12.5. The van der Waals surface area contributed by atoms with Crippen molar-refractivity contribution in [2.75, 3.05) is 18.4 Å². The third-order valence-electron chi connectivity index (χ3n) is 4.45. The maximum absolute atomic E-state index is 12.5. The highest BCUT2D eigenvalue weighted by atomic mass is 79.9. The van der Waals surface area contributed by atoms with Gasteiger partial charge < -0.3 is 15.5 Å². The number of piperidine rings is 1. The second-order valence-electron chi connectivity index (χ2n) is 6.22. The third-order valence-corrected chi connectivity index (χ3v) is 5.59. The van der Waals surface area contributed by atoms with Crippen LogP contribution in [0.1, 0.15) is 31.4 Å². The summed E-state index contributed by atoms with van der Waals surface area (Å²) in [5, 5.41) is 13.8. The smallest absolute Gasteiger partial charge is 0.317 e. The Labute approximate surface area is 164 Å². The van der Waals surface area contributed by atoms with Gasteiger partial charge >= 0.3 is 6.03 Å². The highest BCUT2D eigenvalue weighted by Gasteiger charge is 2.28. The van der Waals surface area contributed by atoms with Gasteiger partial charge in [-0.1, -0.05) is 39.4 Å². The Hall–Kier alpha value is -2.00. The van der Waals surface area contributed by atoms with Crippen LogP contribution in [0.3, 0.4) is 0 Å². The lowest BCUT2D eigenvalue weighted by molar-refractivity contribution is -0.121. The third kappa shape index (κ3) is 4.79. The van der Waals surface area contributed by atoms with Gasteiger partial charge in [0.05, 0.1) is 6.04 Å². The van der Waals surface area contributed by atoms with E-state index in [-0.39, 0.29) is 23.9 Å². The summed E-state index contributed by atoms with van der Waals surface area (Å²) < 4.78 is 1.01. The van der Waals surface area contributed by atoms with Crippen molar-refractivity contribution in [3.05, 3.63) is 39.8 Å². The molecule has 138 valence electrons. The molecular weight excluding hydrogens is 418 g/mol. The Kier molecular flexibility index (Phi) is 6.20. The lowest BCUT2D eigenvalue weighted by Crippen LogP contribution is -2.46. The van der Waals surface area contributed by atoms with Gasteiger partial charge in [-0.2, -0.15) is 0 Å². The second-order valence-corrected chi connectivity index (χ2v) is 7.97. The summed E-state index contributed by atoms with van der Waals surface area (Å²) in [5.41, 5.74) is 2.63. The van der Waals surface area contributed by atoms with Gasteiger partial charge in [-0.15, -0.1) is 10.2 Å². The van der Waals surface area contributed by atoms with E-state index in [0.717, 1.165) is 10.0 Å². The molecular formula is C17H20BrN5O2S. The molecule has 1 unspecified atom stereocenters. The molecule has 1 aromatic carbocycles. The number of benzene rings is 1. The fraction of sp³-hybridized carbons (Fsp3) is 0.412. The van der Waals surface area contributed by atoms with Crippen molar-refractivity contribution in [2.45, 2.75) is 25.8 Å². The molecule has 3 rings (SSSR count). The highest BCUT2D eigenvalue weighted by Crippen LogP contribution is 2.21. The van der Waals surface area contributed by atoms with Crippen molar-refractivity contribution in [1.29, 1.82) is 0 Å². The molecule has 1 saturated heterocycles. The number of anilines is 1. The largest absolute Gasteiger partial charge is 0.331 e. The molecule has 9 heteroatoms. The van der Waals surface area contributed by atoms with Gasteiger partial charge in [-0.05, 0) is 37.5 Å². The zero-order chi connectivity index (χ0) is 18.5. The Bertz CT molecular complexity index is 745. The average molecular weight is 438 g/mol. The van der Waals surface area contributed by atoms with Gasteiger partial charge in [0.15, 0.2) is 0 Å². The lowest BCUT2D eigenvalue weighted by atomic mass is 9.96. The van der Waals surface area contributed by atoms with Crippen molar-refractivity contribution in [3.8, 4) is 0 Å². The quantitative estimate of drug-likeness (QED) is 0.766. The van der Waals surface area contributed by atoms with Crippen LogP contribution < -0.4 is 10.6 Å². The normalized spacial score (nSPS) is 16.2. The minimum absolute atomic E-state index is 0.0509. The van der Waals surface area contributed by atoms with Gasteiger partial charge in [-0.25, -0.2) is 4.79 Å². The molecule has 1 aliphatic rings. The number of carbonyl (C=O) groups excluding carboxylic acids is 2. The first kappa shape index (κ1) is 18.8. The van der Waals surface area contributed by atoms with Gasteiger partial charge in [0.25, 0.3) is 0 Å². The monoisotopic (exact) mass is 437 g/mol. The number of hydrogen-bond donors (Lipinski definition) is 2. The van der Waals surface area contributed by atoms with Crippen LogP contribution in [0.15, 0.2) is 34.2 Å². The Morgan fingerprint density at radius 3 is 2.58 bits per heavy atom. The first-order valence-electron chi connectivity index (χ1n) is 8.41.